The van der Waals surface area contributed by atoms with Crippen molar-refractivity contribution < 1.29 is 27.8 Å². The molecule has 0 fully saturated rings. The van der Waals surface area contributed by atoms with E-state index in [4.69, 9.17) is 4.74 Å². The topological polar surface area (TPSA) is 67.4 Å². The highest BCUT2D eigenvalue weighted by atomic mass is 79.9. The van der Waals surface area contributed by atoms with Crippen molar-refractivity contribution in [3.05, 3.63) is 52.3 Å². The molecule has 3 rings (SSSR count). The van der Waals surface area contributed by atoms with Crippen LogP contribution in [0.3, 0.4) is 0 Å². The lowest BCUT2D eigenvalue weighted by Crippen LogP contribution is -2.17. The van der Waals surface area contributed by atoms with Gasteiger partial charge in [0.15, 0.2) is 0 Å². The minimum atomic E-state index is -4.79. The predicted octanol–water partition coefficient (Wildman–Crippen LogP) is 4.70. The van der Waals surface area contributed by atoms with Gasteiger partial charge in [-0.05, 0) is 52.7 Å². The third-order valence-corrected chi connectivity index (χ3v) is 4.16. The smallest absolute Gasteiger partial charge is 0.494 e. The zero-order valence-corrected chi connectivity index (χ0v) is 15.1. The van der Waals surface area contributed by atoms with E-state index in [1.54, 1.807) is 18.2 Å². The van der Waals surface area contributed by atoms with Gasteiger partial charge in [-0.3, -0.25) is 0 Å². The maximum Gasteiger partial charge on any atom is 0.573 e. The first kappa shape index (κ1) is 18.5. The maximum absolute atomic E-state index is 12.3. The molecule has 1 unspecified atom stereocenters. The molecule has 5 nitrogen and oxygen atoms in total. The third kappa shape index (κ3) is 4.10. The first-order valence-corrected chi connectivity index (χ1v) is 8.42. The molecule has 26 heavy (non-hydrogen) atoms. The van der Waals surface area contributed by atoms with Crippen LogP contribution in [-0.2, 0) is 0 Å². The molecule has 1 heterocycles. The molecule has 1 aromatic heterocycles. The van der Waals surface area contributed by atoms with Gasteiger partial charge in [0.2, 0.25) is 0 Å². The van der Waals surface area contributed by atoms with Gasteiger partial charge in [0, 0.05) is 6.07 Å². The SMILES string of the molecule is CCOc1ccc2[nH]c(C(O)c3ccc(OC(F)(F)F)c(Br)c3)nc2c1. The fraction of sp³-hybridized carbons (Fsp3) is 0.235. The Morgan fingerprint density at radius 3 is 2.65 bits per heavy atom. The minimum Gasteiger partial charge on any atom is -0.494 e. The number of aliphatic hydroxyl groups excluding tert-OH is 1. The zero-order chi connectivity index (χ0) is 18.9. The first-order chi connectivity index (χ1) is 12.3. The number of ether oxygens (including phenoxy) is 2. The lowest BCUT2D eigenvalue weighted by molar-refractivity contribution is -0.274. The Hall–Kier alpha value is -2.26. The Kier molecular flexibility index (Phi) is 5.10. The monoisotopic (exact) mass is 430 g/mol. The Labute approximate surface area is 154 Å². The maximum atomic E-state index is 12.3. The van der Waals surface area contributed by atoms with Gasteiger partial charge in [0.05, 0.1) is 22.1 Å². The van der Waals surface area contributed by atoms with Gasteiger partial charge in [0.1, 0.15) is 23.4 Å². The lowest BCUT2D eigenvalue weighted by Gasteiger charge is -2.13. The van der Waals surface area contributed by atoms with Crippen LogP contribution in [0.5, 0.6) is 11.5 Å². The normalized spacial score (nSPS) is 13.0. The molecule has 2 N–H and O–H groups in total. The van der Waals surface area contributed by atoms with E-state index < -0.39 is 12.5 Å². The molecule has 1 atom stereocenters. The van der Waals surface area contributed by atoms with Crippen molar-refractivity contribution >= 4 is 27.0 Å². The molecule has 0 aliphatic rings. The van der Waals surface area contributed by atoms with Crippen LogP contribution in [0, 0.1) is 0 Å². The van der Waals surface area contributed by atoms with Crippen molar-refractivity contribution in [3.8, 4) is 11.5 Å². The van der Waals surface area contributed by atoms with Crippen LogP contribution in [0.15, 0.2) is 40.9 Å². The van der Waals surface area contributed by atoms with Crippen molar-refractivity contribution in [2.45, 2.75) is 19.4 Å². The van der Waals surface area contributed by atoms with Gasteiger partial charge in [-0.15, -0.1) is 13.2 Å². The van der Waals surface area contributed by atoms with E-state index in [0.29, 0.717) is 29.0 Å². The number of nitrogens with one attached hydrogen (secondary N) is 1. The second kappa shape index (κ2) is 7.16. The molecule has 0 aliphatic heterocycles. The van der Waals surface area contributed by atoms with Gasteiger partial charge in [0.25, 0.3) is 0 Å². The number of H-pyrrole nitrogens is 1. The molecule has 0 saturated carbocycles. The molecular weight excluding hydrogens is 417 g/mol. The van der Waals surface area contributed by atoms with Gasteiger partial charge in [-0.2, -0.15) is 0 Å². The fourth-order valence-electron chi connectivity index (χ4n) is 2.44. The highest BCUT2D eigenvalue weighted by Gasteiger charge is 2.32. The van der Waals surface area contributed by atoms with Gasteiger partial charge in [-0.1, -0.05) is 6.07 Å². The number of halogens is 4. The average Bonchev–Trinajstić information content (AvgIpc) is 2.98. The first-order valence-electron chi connectivity index (χ1n) is 7.62. The van der Waals surface area contributed by atoms with E-state index in [1.165, 1.54) is 12.1 Å². The van der Waals surface area contributed by atoms with E-state index in [2.05, 4.69) is 30.6 Å². The van der Waals surface area contributed by atoms with E-state index >= 15 is 0 Å². The summed E-state index contributed by atoms with van der Waals surface area (Å²) in [6.07, 6.45) is -5.94. The van der Waals surface area contributed by atoms with Crippen molar-refractivity contribution in [2.75, 3.05) is 6.61 Å². The van der Waals surface area contributed by atoms with Crippen LogP contribution in [0.1, 0.15) is 24.4 Å². The summed E-state index contributed by atoms with van der Waals surface area (Å²) in [6, 6.07) is 9.12. The number of alkyl halides is 3. The molecule has 0 saturated heterocycles. The number of imidazole rings is 1. The molecular formula is C17H14BrF3N2O3. The standard InChI is InChI=1S/C17H14BrF3N2O3/c1-2-25-10-4-5-12-13(8-10)23-16(22-12)15(24)9-3-6-14(11(18)7-9)26-17(19,20)21/h3-8,15,24H,2H2,1H3,(H,22,23). The number of aromatic nitrogens is 2. The highest BCUT2D eigenvalue weighted by Crippen LogP contribution is 2.34. The van der Waals surface area contributed by atoms with Crippen molar-refractivity contribution in [2.24, 2.45) is 0 Å². The Morgan fingerprint density at radius 1 is 1.23 bits per heavy atom. The molecule has 0 spiro atoms. The van der Waals surface area contributed by atoms with Crippen molar-refractivity contribution in [3.63, 3.8) is 0 Å². The number of hydrogen-bond donors (Lipinski definition) is 2. The number of rotatable bonds is 5. The van der Waals surface area contributed by atoms with Crippen molar-refractivity contribution in [1.82, 2.24) is 9.97 Å². The van der Waals surface area contributed by atoms with Crippen LogP contribution in [0.2, 0.25) is 0 Å². The Morgan fingerprint density at radius 2 is 2.00 bits per heavy atom. The summed E-state index contributed by atoms with van der Waals surface area (Å²) >= 11 is 3.02. The second-order valence-corrected chi connectivity index (χ2v) is 6.23. The average molecular weight is 431 g/mol. The zero-order valence-electron chi connectivity index (χ0n) is 13.5. The molecule has 3 aromatic rings. The Balaban J connectivity index is 1.87. The quantitative estimate of drug-likeness (QED) is 0.615. The number of aromatic amines is 1. The highest BCUT2D eigenvalue weighted by molar-refractivity contribution is 9.10. The molecule has 0 bridgehead atoms. The number of nitrogens with zero attached hydrogens (tertiary/aromatic N) is 1. The fourth-order valence-corrected chi connectivity index (χ4v) is 2.92. The predicted molar refractivity (Wildman–Crippen MR) is 92.1 cm³/mol. The van der Waals surface area contributed by atoms with Gasteiger partial charge >= 0.3 is 6.36 Å². The van der Waals surface area contributed by atoms with Gasteiger partial charge in [-0.25, -0.2) is 4.98 Å². The molecule has 2 aromatic carbocycles. The van der Waals surface area contributed by atoms with E-state index in [9.17, 15) is 18.3 Å². The molecule has 0 amide bonds. The van der Waals surface area contributed by atoms with Crippen LogP contribution in [0.25, 0.3) is 11.0 Å². The molecule has 9 heteroatoms. The van der Waals surface area contributed by atoms with E-state index in [1.807, 2.05) is 6.92 Å². The molecule has 0 radical (unpaired) electrons. The van der Waals surface area contributed by atoms with Crippen LogP contribution in [-0.4, -0.2) is 28.0 Å². The number of aliphatic hydroxyl groups is 1. The van der Waals surface area contributed by atoms with Crippen LogP contribution < -0.4 is 9.47 Å². The summed E-state index contributed by atoms with van der Waals surface area (Å²) in [5.41, 5.74) is 1.68. The molecule has 138 valence electrons. The summed E-state index contributed by atoms with van der Waals surface area (Å²) in [5.74, 6) is 0.536. The summed E-state index contributed by atoms with van der Waals surface area (Å²) < 4.78 is 46.4. The van der Waals surface area contributed by atoms with Crippen molar-refractivity contribution in [1.29, 1.82) is 0 Å². The minimum absolute atomic E-state index is 0.0705. The third-order valence-electron chi connectivity index (χ3n) is 3.54. The largest absolute Gasteiger partial charge is 0.573 e. The summed E-state index contributed by atoms with van der Waals surface area (Å²) in [7, 11) is 0. The summed E-state index contributed by atoms with van der Waals surface area (Å²) in [4.78, 5) is 7.32. The van der Waals surface area contributed by atoms with E-state index in [0.717, 1.165) is 6.07 Å². The Bertz CT molecular complexity index is 927. The second-order valence-electron chi connectivity index (χ2n) is 5.37. The summed E-state index contributed by atoms with van der Waals surface area (Å²) in [5, 5.41) is 10.5. The van der Waals surface area contributed by atoms with E-state index in [-0.39, 0.29) is 16.0 Å². The lowest BCUT2D eigenvalue weighted by atomic mass is 10.1. The number of hydrogen-bond acceptors (Lipinski definition) is 4. The number of benzene rings is 2. The van der Waals surface area contributed by atoms with Crippen LogP contribution in [0.4, 0.5) is 13.2 Å². The van der Waals surface area contributed by atoms with Gasteiger partial charge < -0.3 is 19.6 Å². The van der Waals surface area contributed by atoms with Crippen LogP contribution >= 0.6 is 15.9 Å². The number of fused-ring (bicyclic) bond motifs is 1. The molecule has 0 aliphatic carbocycles. The summed E-state index contributed by atoms with van der Waals surface area (Å²) in [6.45, 7) is 2.39.